The van der Waals surface area contributed by atoms with E-state index in [4.69, 9.17) is 11.6 Å². The van der Waals surface area contributed by atoms with Gasteiger partial charge in [0.2, 0.25) is 5.78 Å². The van der Waals surface area contributed by atoms with E-state index in [0.717, 1.165) is 14.7 Å². The van der Waals surface area contributed by atoms with Gasteiger partial charge < -0.3 is 0 Å². The van der Waals surface area contributed by atoms with Crippen LogP contribution in [0.5, 0.6) is 0 Å². The first-order valence-corrected chi connectivity index (χ1v) is 9.46. The lowest BCUT2D eigenvalue weighted by atomic mass is 10.1. The van der Waals surface area contributed by atoms with Gasteiger partial charge in [-0.3, -0.25) is 9.59 Å². The number of ketones is 2. The van der Waals surface area contributed by atoms with Crippen LogP contribution in [-0.2, 0) is 0 Å². The Labute approximate surface area is 153 Å². The second-order valence-corrected chi connectivity index (χ2v) is 7.38. The van der Waals surface area contributed by atoms with Gasteiger partial charge in [-0.2, -0.15) is 0 Å². The maximum absolute atomic E-state index is 12.3. The minimum Gasteiger partial charge on any atom is -0.293 e. The third-order valence-electron chi connectivity index (χ3n) is 3.39. The zero-order valence-electron chi connectivity index (χ0n) is 12.6. The van der Waals surface area contributed by atoms with Crippen LogP contribution in [0.4, 0.5) is 0 Å². The van der Waals surface area contributed by atoms with Crippen LogP contribution in [0.25, 0.3) is 0 Å². The van der Waals surface area contributed by atoms with E-state index in [1.54, 1.807) is 23.9 Å². The Balaban J connectivity index is 1.70. The summed E-state index contributed by atoms with van der Waals surface area (Å²) in [6.45, 7) is 0. The molecule has 0 N–H and O–H groups in total. The molecule has 0 radical (unpaired) electrons. The first-order valence-electron chi connectivity index (χ1n) is 7.23. The Morgan fingerprint density at radius 3 is 1.96 bits per heavy atom. The van der Waals surface area contributed by atoms with Crippen molar-refractivity contribution in [2.24, 2.45) is 0 Å². The molecule has 2 aromatic carbocycles. The zero-order valence-corrected chi connectivity index (χ0v) is 15.0. The Kier molecular flexibility index (Phi) is 5.51. The number of carbonyl (C=O) groups is 2. The molecule has 120 valence electrons. The third-order valence-corrected chi connectivity index (χ3v) is 5.52. The lowest BCUT2D eigenvalue weighted by Gasteiger charge is -2.04. The molecule has 2 nitrogen and oxygen atoms in total. The van der Waals surface area contributed by atoms with Gasteiger partial charge in [0.1, 0.15) is 0 Å². The molecule has 0 saturated carbocycles. The third kappa shape index (κ3) is 3.96. The van der Waals surface area contributed by atoms with Crippen LogP contribution in [-0.4, -0.2) is 17.4 Å². The molecule has 0 saturated heterocycles. The lowest BCUT2D eigenvalue weighted by molar-refractivity contribution is 0.101. The van der Waals surface area contributed by atoms with E-state index in [-0.39, 0.29) is 17.4 Å². The summed E-state index contributed by atoms with van der Waals surface area (Å²) in [5.74, 6) is -0.0400. The van der Waals surface area contributed by atoms with Gasteiger partial charge in [0, 0.05) is 20.9 Å². The van der Waals surface area contributed by atoms with Crippen molar-refractivity contribution in [2.75, 3.05) is 5.88 Å². The van der Waals surface area contributed by atoms with E-state index in [1.807, 2.05) is 53.9 Å². The molecule has 0 bridgehead atoms. The van der Waals surface area contributed by atoms with Crippen molar-refractivity contribution in [1.82, 2.24) is 0 Å². The summed E-state index contributed by atoms with van der Waals surface area (Å²) in [6.07, 6.45) is 0. The fraction of sp³-hybridized carbons (Fsp3) is 0.0526. The lowest BCUT2D eigenvalue weighted by Crippen LogP contribution is -1.99. The predicted molar refractivity (Wildman–Crippen MR) is 99.8 cm³/mol. The average Bonchev–Trinajstić information content (AvgIpc) is 3.16. The van der Waals surface area contributed by atoms with E-state index in [2.05, 4.69) is 0 Å². The van der Waals surface area contributed by atoms with Crippen molar-refractivity contribution >= 4 is 46.3 Å². The quantitative estimate of drug-likeness (QED) is 0.420. The van der Waals surface area contributed by atoms with Crippen LogP contribution in [0, 0.1) is 0 Å². The second kappa shape index (κ2) is 7.79. The normalized spacial score (nSPS) is 10.5. The predicted octanol–water partition coefficient (Wildman–Crippen LogP) is 5.55. The summed E-state index contributed by atoms with van der Waals surface area (Å²) >= 11 is 8.58. The molecule has 3 rings (SSSR count). The molecule has 0 unspecified atom stereocenters. The maximum Gasteiger partial charge on any atom is 0.202 e. The first-order chi connectivity index (χ1) is 11.7. The summed E-state index contributed by atoms with van der Waals surface area (Å²) < 4.78 is 0. The molecule has 0 spiro atoms. The number of carbonyl (C=O) groups excluding carboxylic acids is 2. The average molecular weight is 373 g/mol. The van der Waals surface area contributed by atoms with Gasteiger partial charge in [-0.15, -0.1) is 22.9 Å². The van der Waals surface area contributed by atoms with Crippen molar-refractivity contribution in [2.45, 2.75) is 9.79 Å². The summed E-state index contributed by atoms with van der Waals surface area (Å²) in [6, 6.07) is 18.6. The van der Waals surface area contributed by atoms with Crippen LogP contribution < -0.4 is 0 Å². The molecule has 0 aliphatic rings. The molecular formula is C19H13ClO2S2. The van der Waals surface area contributed by atoms with Crippen LogP contribution >= 0.6 is 34.7 Å². The molecule has 24 heavy (non-hydrogen) atoms. The summed E-state index contributed by atoms with van der Waals surface area (Å²) in [7, 11) is 0. The Morgan fingerprint density at radius 2 is 1.46 bits per heavy atom. The van der Waals surface area contributed by atoms with Crippen molar-refractivity contribution in [3.8, 4) is 0 Å². The highest BCUT2D eigenvalue weighted by molar-refractivity contribution is 7.99. The van der Waals surface area contributed by atoms with E-state index in [9.17, 15) is 9.59 Å². The number of Topliss-reactive ketones (excluding diaryl/α,β-unsaturated/α-hetero) is 1. The molecule has 3 aromatic rings. The molecule has 1 aromatic heterocycles. The van der Waals surface area contributed by atoms with E-state index < -0.39 is 0 Å². The van der Waals surface area contributed by atoms with Crippen molar-refractivity contribution in [3.63, 3.8) is 0 Å². The summed E-state index contributed by atoms with van der Waals surface area (Å²) in [5, 5.41) is 1.90. The molecular weight excluding hydrogens is 360 g/mol. The fourth-order valence-electron chi connectivity index (χ4n) is 2.15. The number of halogens is 1. The zero-order chi connectivity index (χ0) is 16.9. The van der Waals surface area contributed by atoms with E-state index in [0.29, 0.717) is 11.1 Å². The number of benzene rings is 2. The Bertz CT molecular complexity index is 838. The first kappa shape index (κ1) is 17.0. The topological polar surface area (TPSA) is 34.1 Å². The van der Waals surface area contributed by atoms with Gasteiger partial charge in [0.15, 0.2) is 5.78 Å². The molecule has 5 heteroatoms. The molecule has 0 amide bonds. The molecule has 1 heterocycles. The SMILES string of the molecule is O=C(CCl)c1ccc(Sc2ccc(C(=O)c3cccs3)cc2)cc1. The highest BCUT2D eigenvalue weighted by atomic mass is 35.5. The number of alkyl halides is 1. The van der Waals surface area contributed by atoms with Crippen LogP contribution in [0.2, 0.25) is 0 Å². The largest absolute Gasteiger partial charge is 0.293 e. The van der Waals surface area contributed by atoms with Crippen LogP contribution in [0.15, 0.2) is 75.8 Å². The highest BCUT2D eigenvalue weighted by Gasteiger charge is 2.10. The van der Waals surface area contributed by atoms with Gasteiger partial charge >= 0.3 is 0 Å². The summed E-state index contributed by atoms with van der Waals surface area (Å²) in [5.41, 5.74) is 1.30. The summed E-state index contributed by atoms with van der Waals surface area (Å²) in [4.78, 5) is 26.6. The van der Waals surface area contributed by atoms with Gasteiger partial charge in [-0.05, 0) is 47.8 Å². The van der Waals surface area contributed by atoms with Crippen LogP contribution in [0.1, 0.15) is 25.6 Å². The number of hydrogen-bond donors (Lipinski definition) is 0. The van der Waals surface area contributed by atoms with Crippen molar-refractivity contribution in [1.29, 1.82) is 0 Å². The number of rotatable bonds is 6. The minimum absolute atomic E-state index is 0.00772. The van der Waals surface area contributed by atoms with E-state index in [1.165, 1.54) is 11.3 Å². The second-order valence-electron chi connectivity index (χ2n) is 5.01. The van der Waals surface area contributed by atoms with E-state index >= 15 is 0 Å². The molecule has 0 aliphatic heterocycles. The Hall–Kier alpha value is -1.88. The molecule has 0 fully saturated rings. The van der Waals surface area contributed by atoms with Crippen molar-refractivity contribution < 1.29 is 9.59 Å². The molecule has 0 aliphatic carbocycles. The maximum atomic E-state index is 12.3. The van der Waals surface area contributed by atoms with Crippen molar-refractivity contribution in [3.05, 3.63) is 82.0 Å². The monoisotopic (exact) mass is 372 g/mol. The fourth-order valence-corrected chi connectivity index (χ4v) is 3.80. The minimum atomic E-state index is -0.0790. The standard InChI is InChI=1S/C19H13ClO2S2/c20-12-17(21)13-3-7-15(8-4-13)24-16-9-5-14(6-10-16)19(22)18-2-1-11-23-18/h1-11H,12H2. The smallest absolute Gasteiger partial charge is 0.202 e. The molecule has 0 atom stereocenters. The van der Waals surface area contributed by atoms with Gasteiger partial charge in [0.25, 0.3) is 0 Å². The van der Waals surface area contributed by atoms with Gasteiger partial charge in [0.05, 0.1) is 10.8 Å². The van der Waals surface area contributed by atoms with Gasteiger partial charge in [-0.1, -0.05) is 30.0 Å². The Morgan fingerprint density at radius 1 is 0.875 bits per heavy atom. The highest BCUT2D eigenvalue weighted by Crippen LogP contribution is 2.28. The van der Waals surface area contributed by atoms with Gasteiger partial charge in [-0.25, -0.2) is 0 Å². The number of hydrogen-bond acceptors (Lipinski definition) is 4. The van der Waals surface area contributed by atoms with Crippen LogP contribution in [0.3, 0.4) is 0 Å². The number of thiophene rings is 1.